The lowest BCUT2D eigenvalue weighted by Crippen LogP contribution is -2.28. The third kappa shape index (κ3) is 3.72. The second kappa shape index (κ2) is 6.74. The average molecular weight is 297 g/mol. The molecule has 0 bridgehead atoms. The molecule has 5 nitrogen and oxygen atoms in total. The molecule has 108 valence electrons. The third-order valence-electron chi connectivity index (χ3n) is 2.95. The number of carbonyl (C=O) groups excluding carboxylic acids is 1. The fraction of sp³-hybridized carbons (Fsp3) is 0.357. The number of aliphatic hydroxyl groups excluding tert-OH is 1. The van der Waals surface area contributed by atoms with E-state index in [2.05, 4.69) is 10.3 Å². The summed E-state index contributed by atoms with van der Waals surface area (Å²) in [6.07, 6.45) is -0.118. The standard InChI is InChI=1S/C14H17ClN2O3/c1-20-8-11(18)4-5-16-14(19)13-6-9-2-3-10(15)7-12(9)17-13/h2-3,6-7,11,17-18H,4-5,8H2,1H3,(H,16,19). The van der Waals surface area contributed by atoms with Gasteiger partial charge in [0, 0.05) is 29.6 Å². The largest absolute Gasteiger partial charge is 0.391 e. The Morgan fingerprint density at radius 3 is 3.05 bits per heavy atom. The topological polar surface area (TPSA) is 74.3 Å². The maximum absolute atomic E-state index is 12.0. The second-order valence-electron chi connectivity index (χ2n) is 4.57. The van der Waals surface area contributed by atoms with Crippen molar-refractivity contribution < 1.29 is 14.6 Å². The number of halogens is 1. The van der Waals surface area contributed by atoms with Crippen LogP contribution in [-0.4, -0.2) is 42.4 Å². The van der Waals surface area contributed by atoms with Crippen molar-refractivity contribution in [3.63, 3.8) is 0 Å². The molecule has 0 spiro atoms. The second-order valence-corrected chi connectivity index (χ2v) is 5.00. The van der Waals surface area contributed by atoms with E-state index in [1.807, 2.05) is 6.07 Å². The number of hydrogen-bond acceptors (Lipinski definition) is 3. The van der Waals surface area contributed by atoms with Crippen LogP contribution in [-0.2, 0) is 4.74 Å². The summed E-state index contributed by atoms with van der Waals surface area (Å²) >= 11 is 5.90. The van der Waals surface area contributed by atoms with E-state index in [9.17, 15) is 9.90 Å². The minimum absolute atomic E-state index is 0.207. The highest BCUT2D eigenvalue weighted by Gasteiger charge is 2.10. The molecule has 3 N–H and O–H groups in total. The van der Waals surface area contributed by atoms with E-state index in [1.165, 1.54) is 7.11 Å². The van der Waals surface area contributed by atoms with Gasteiger partial charge in [0.15, 0.2) is 0 Å². The van der Waals surface area contributed by atoms with Crippen molar-refractivity contribution in [2.75, 3.05) is 20.3 Å². The summed E-state index contributed by atoms with van der Waals surface area (Å²) in [7, 11) is 1.53. The van der Waals surface area contributed by atoms with Crippen LogP contribution in [0.15, 0.2) is 24.3 Å². The molecule has 1 heterocycles. The molecule has 0 radical (unpaired) electrons. The summed E-state index contributed by atoms with van der Waals surface area (Å²) in [5.74, 6) is -0.207. The maximum atomic E-state index is 12.0. The first-order chi connectivity index (χ1) is 9.60. The van der Waals surface area contributed by atoms with Gasteiger partial charge in [0.1, 0.15) is 5.69 Å². The molecule has 0 aliphatic rings. The van der Waals surface area contributed by atoms with Gasteiger partial charge < -0.3 is 20.1 Å². The van der Waals surface area contributed by atoms with Gasteiger partial charge in [-0.2, -0.15) is 0 Å². The minimum Gasteiger partial charge on any atom is -0.391 e. The number of amides is 1. The molecular formula is C14H17ClN2O3. The van der Waals surface area contributed by atoms with Crippen LogP contribution in [0, 0.1) is 0 Å². The smallest absolute Gasteiger partial charge is 0.267 e. The Balaban J connectivity index is 1.94. The lowest BCUT2D eigenvalue weighted by Gasteiger charge is -2.09. The Labute approximate surface area is 121 Å². The van der Waals surface area contributed by atoms with E-state index >= 15 is 0 Å². The zero-order valence-corrected chi connectivity index (χ0v) is 11.9. The predicted molar refractivity (Wildman–Crippen MR) is 78.1 cm³/mol. The molecule has 1 unspecified atom stereocenters. The van der Waals surface area contributed by atoms with Crippen molar-refractivity contribution in [2.24, 2.45) is 0 Å². The minimum atomic E-state index is -0.568. The fourth-order valence-electron chi connectivity index (χ4n) is 1.94. The number of aromatic nitrogens is 1. The van der Waals surface area contributed by atoms with E-state index < -0.39 is 6.10 Å². The van der Waals surface area contributed by atoms with Crippen molar-refractivity contribution in [2.45, 2.75) is 12.5 Å². The fourth-order valence-corrected chi connectivity index (χ4v) is 2.12. The van der Waals surface area contributed by atoms with Crippen molar-refractivity contribution in [1.29, 1.82) is 0 Å². The highest BCUT2D eigenvalue weighted by Crippen LogP contribution is 2.19. The maximum Gasteiger partial charge on any atom is 0.267 e. The molecule has 20 heavy (non-hydrogen) atoms. The number of H-pyrrole nitrogens is 1. The highest BCUT2D eigenvalue weighted by molar-refractivity contribution is 6.31. The molecule has 2 rings (SSSR count). The number of rotatable bonds is 6. The summed E-state index contributed by atoms with van der Waals surface area (Å²) in [6, 6.07) is 7.18. The van der Waals surface area contributed by atoms with Gasteiger partial charge in [0.05, 0.1) is 12.7 Å². The first kappa shape index (κ1) is 14.8. The molecule has 0 saturated heterocycles. The number of aromatic amines is 1. The van der Waals surface area contributed by atoms with Crippen LogP contribution < -0.4 is 5.32 Å². The Hall–Kier alpha value is -1.56. The number of benzene rings is 1. The Morgan fingerprint density at radius 2 is 2.30 bits per heavy atom. The van der Waals surface area contributed by atoms with Crippen LogP contribution in [0.25, 0.3) is 10.9 Å². The Kier molecular flexibility index (Phi) is 5.00. The van der Waals surface area contributed by atoms with E-state index in [1.54, 1.807) is 18.2 Å². The average Bonchev–Trinajstić information content (AvgIpc) is 2.82. The molecule has 1 aromatic carbocycles. The lowest BCUT2D eigenvalue weighted by molar-refractivity contribution is 0.0587. The number of fused-ring (bicyclic) bond motifs is 1. The Morgan fingerprint density at radius 1 is 1.50 bits per heavy atom. The monoisotopic (exact) mass is 296 g/mol. The molecule has 0 aliphatic heterocycles. The zero-order valence-electron chi connectivity index (χ0n) is 11.1. The van der Waals surface area contributed by atoms with Gasteiger partial charge in [-0.25, -0.2) is 0 Å². The molecule has 0 fully saturated rings. The SMILES string of the molecule is COCC(O)CCNC(=O)c1cc2ccc(Cl)cc2[nH]1. The van der Waals surface area contributed by atoms with E-state index in [4.69, 9.17) is 16.3 Å². The van der Waals surface area contributed by atoms with E-state index in [-0.39, 0.29) is 12.5 Å². The van der Waals surface area contributed by atoms with Crippen molar-refractivity contribution in [3.05, 3.63) is 35.0 Å². The number of methoxy groups -OCH3 is 1. The van der Waals surface area contributed by atoms with E-state index in [0.29, 0.717) is 23.7 Å². The van der Waals surface area contributed by atoms with Crippen LogP contribution >= 0.6 is 11.6 Å². The van der Waals surface area contributed by atoms with Gasteiger partial charge in [0.2, 0.25) is 0 Å². The summed E-state index contributed by atoms with van der Waals surface area (Å²) in [5.41, 5.74) is 1.30. The number of nitrogens with one attached hydrogen (secondary N) is 2. The first-order valence-electron chi connectivity index (χ1n) is 6.33. The lowest BCUT2D eigenvalue weighted by atomic mass is 10.2. The third-order valence-corrected chi connectivity index (χ3v) is 3.19. The predicted octanol–water partition coefficient (Wildman–Crippen LogP) is 1.95. The molecule has 6 heteroatoms. The summed E-state index contributed by atoms with van der Waals surface area (Å²) in [4.78, 5) is 15.0. The van der Waals surface area contributed by atoms with Crippen LogP contribution in [0.4, 0.5) is 0 Å². The van der Waals surface area contributed by atoms with Crippen LogP contribution in [0.2, 0.25) is 5.02 Å². The highest BCUT2D eigenvalue weighted by atomic mass is 35.5. The summed E-state index contributed by atoms with van der Waals surface area (Å²) < 4.78 is 4.82. The van der Waals surface area contributed by atoms with Crippen molar-refractivity contribution in [1.82, 2.24) is 10.3 Å². The molecule has 1 amide bonds. The number of carbonyl (C=O) groups is 1. The van der Waals surface area contributed by atoms with E-state index in [0.717, 1.165) is 10.9 Å². The number of hydrogen-bond donors (Lipinski definition) is 3. The van der Waals surface area contributed by atoms with Gasteiger partial charge in [-0.05, 0) is 24.6 Å². The molecular weight excluding hydrogens is 280 g/mol. The van der Waals surface area contributed by atoms with Crippen LogP contribution in [0.5, 0.6) is 0 Å². The van der Waals surface area contributed by atoms with Gasteiger partial charge in [-0.3, -0.25) is 4.79 Å². The molecule has 1 atom stereocenters. The van der Waals surface area contributed by atoms with Gasteiger partial charge in [-0.15, -0.1) is 0 Å². The van der Waals surface area contributed by atoms with Crippen molar-refractivity contribution >= 4 is 28.4 Å². The number of aliphatic hydroxyl groups is 1. The van der Waals surface area contributed by atoms with Crippen molar-refractivity contribution in [3.8, 4) is 0 Å². The zero-order chi connectivity index (χ0) is 14.5. The van der Waals surface area contributed by atoms with Gasteiger partial charge in [0.25, 0.3) is 5.91 Å². The molecule has 0 saturated carbocycles. The molecule has 0 aliphatic carbocycles. The van der Waals surface area contributed by atoms with Crippen LogP contribution in [0.3, 0.4) is 0 Å². The van der Waals surface area contributed by atoms with Gasteiger partial charge >= 0.3 is 0 Å². The first-order valence-corrected chi connectivity index (χ1v) is 6.71. The van der Waals surface area contributed by atoms with Gasteiger partial charge in [-0.1, -0.05) is 17.7 Å². The molecule has 1 aromatic heterocycles. The Bertz CT molecular complexity index is 597. The normalized spacial score (nSPS) is 12.6. The summed E-state index contributed by atoms with van der Waals surface area (Å²) in [6.45, 7) is 0.653. The van der Waals surface area contributed by atoms with Crippen LogP contribution in [0.1, 0.15) is 16.9 Å². The number of ether oxygens (including phenoxy) is 1. The summed E-state index contributed by atoms with van der Waals surface area (Å²) in [5, 5.41) is 13.8. The quantitative estimate of drug-likeness (QED) is 0.763. The molecule has 2 aromatic rings.